The fraction of sp³-hybridized carbons (Fsp3) is 1.00. The van der Waals surface area contributed by atoms with Crippen molar-refractivity contribution in [2.24, 2.45) is 0 Å². The Bertz CT molecular complexity index is 122. The van der Waals surface area contributed by atoms with E-state index in [9.17, 15) is 0 Å². The molecule has 1 heterocycles. The van der Waals surface area contributed by atoms with Gasteiger partial charge in [0.15, 0.2) is 0 Å². The molecule has 2 atom stereocenters. The van der Waals surface area contributed by atoms with Crippen molar-refractivity contribution >= 4 is 0 Å². The molecule has 9 heavy (non-hydrogen) atoms. The van der Waals surface area contributed by atoms with Gasteiger partial charge in [0.2, 0.25) is 0 Å². The third-order valence-corrected chi connectivity index (χ3v) is 2.67. The number of fused-ring (bicyclic) bond motifs is 1. The van der Waals surface area contributed by atoms with E-state index in [1.165, 1.54) is 32.1 Å². The molecule has 2 rings (SSSR count). The summed E-state index contributed by atoms with van der Waals surface area (Å²) in [7, 11) is 0. The maximum Gasteiger partial charge on any atom is 0.0920 e. The van der Waals surface area contributed by atoms with Crippen molar-refractivity contribution in [1.82, 2.24) is 0 Å². The molecule has 0 aromatic rings. The van der Waals surface area contributed by atoms with Gasteiger partial charge in [-0.25, -0.2) is 0 Å². The highest BCUT2D eigenvalue weighted by atomic mass is 16.6. The average Bonchev–Trinajstić information content (AvgIpc) is 2.40. The van der Waals surface area contributed by atoms with Crippen molar-refractivity contribution in [3.05, 3.63) is 0 Å². The molecule has 1 aliphatic heterocycles. The second kappa shape index (κ2) is 1.72. The molecule has 2 aliphatic rings. The minimum Gasteiger partial charge on any atom is -0.366 e. The molecule has 0 unspecified atom stereocenters. The molecule has 1 saturated carbocycles. The van der Waals surface area contributed by atoms with E-state index in [0.717, 1.165) is 0 Å². The van der Waals surface area contributed by atoms with Gasteiger partial charge < -0.3 is 4.74 Å². The molecule has 0 aromatic heterocycles. The number of rotatable bonds is 0. The van der Waals surface area contributed by atoms with Gasteiger partial charge in [0, 0.05) is 0 Å². The molecular weight excluding hydrogens is 112 g/mol. The van der Waals surface area contributed by atoms with Gasteiger partial charge in [-0.15, -0.1) is 0 Å². The van der Waals surface area contributed by atoms with Crippen molar-refractivity contribution < 1.29 is 4.74 Å². The highest BCUT2D eigenvalue weighted by molar-refractivity contribution is 4.99. The molecule has 0 aromatic carbocycles. The fourth-order valence-electron chi connectivity index (χ4n) is 1.86. The Morgan fingerprint density at radius 3 is 3.11 bits per heavy atom. The van der Waals surface area contributed by atoms with E-state index in [0.29, 0.717) is 11.7 Å². The zero-order chi connectivity index (χ0) is 6.32. The molecule has 1 nitrogen and oxygen atoms in total. The van der Waals surface area contributed by atoms with Crippen molar-refractivity contribution in [2.45, 2.75) is 50.7 Å². The van der Waals surface area contributed by atoms with Crippen LogP contribution in [0.15, 0.2) is 0 Å². The number of hydrogen-bond donors (Lipinski definition) is 0. The first-order chi connectivity index (χ1) is 4.31. The van der Waals surface area contributed by atoms with E-state index < -0.39 is 0 Å². The number of hydrogen-bond acceptors (Lipinski definition) is 1. The van der Waals surface area contributed by atoms with Gasteiger partial charge in [-0.05, 0) is 19.8 Å². The first-order valence-electron chi connectivity index (χ1n) is 3.99. The number of ether oxygens (including phenoxy) is 1. The van der Waals surface area contributed by atoms with Crippen LogP contribution in [-0.4, -0.2) is 11.7 Å². The normalized spacial score (nSPS) is 49.7. The van der Waals surface area contributed by atoms with Gasteiger partial charge in [-0.1, -0.05) is 19.3 Å². The Hall–Kier alpha value is -0.0400. The molecule has 2 fully saturated rings. The monoisotopic (exact) mass is 126 g/mol. The molecule has 1 heteroatoms. The van der Waals surface area contributed by atoms with Crippen LogP contribution in [0.5, 0.6) is 0 Å². The largest absolute Gasteiger partial charge is 0.366 e. The Labute approximate surface area is 56.4 Å². The lowest BCUT2D eigenvalue weighted by Crippen LogP contribution is -2.06. The highest BCUT2D eigenvalue weighted by Gasteiger charge is 2.51. The summed E-state index contributed by atoms with van der Waals surface area (Å²) in [5.74, 6) is 0. The third-order valence-electron chi connectivity index (χ3n) is 2.67. The maximum absolute atomic E-state index is 5.55. The van der Waals surface area contributed by atoms with Crippen molar-refractivity contribution in [1.29, 1.82) is 0 Å². The van der Waals surface area contributed by atoms with E-state index in [4.69, 9.17) is 4.74 Å². The minimum absolute atomic E-state index is 0.330. The quantitative estimate of drug-likeness (QED) is 0.453. The van der Waals surface area contributed by atoms with Gasteiger partial charge in [-0.3, -0.25) is 0 Å². The van der Waals surface area contributed by atoms with E-state index in [2.05, 4.69) is 6.92 Å². The smallest absolute Gasteiger partial charge is 0.0920 e. The van der Waals surface area contributed by atoms with Gasteiger partial charge in [0.1, 0.15) is 0 Å². The Morgan fingerprint density at radius 2 is 2.22 bits per heavy atom. The topological polar surface area (TPSA) is 12.5 Å². The van der Waals surface area contributed by atoms with Crippen LogP contribution in [0, 0.1) is 0 Å². The van der Waals surface area contributed by atoms with Crippen molar-refractivity contribution in [3.63, 3.8) is 0 Å². The fourth-order valence-corrected chi connectivity index (χ4v) is 1.86. The van der Waals surface area contributed by atoms with Gasteiger partial charge in [0.05, 0.1) is 11.7 Å². The van der Waals surface area contributed by atoms with Crippen molar-refractivity contribution in [3.8, 4) is 0 Å². The lowest BCUT2D eigenvalue weighted by Gasteiger charge is -1.99. The minimum atomic E-state index is 0.330. The first-order valence-corrected chi connectivity index (χ1v) is 3.99. The third kappa shape index (κ3) is 0.877. The molecule has 0 amide bonds. The molecule has 1 aliphatic carbocycles. The second-order valence-electron chi connectivity index (χ2n) is 3.52. The second-order valence-corrected chi connectivity index (χ2v) is 3.52. The molecule has 0 spiro atoms. The molecule has 1 saturated heterocycles. The summed E-state index contributed by atoms with van der Waals surface area (Å²) in [5, 5.41) is 0. The van der Waals surface area contributed by atoms with Crippen LogP contribution in [0.3, 0.4) is 0 Å². The van der Waals surface area contributed by atoms with E-state index in [1.54, 1.807) is 0 Å². The summed E-state index contributed by atoms with van der Waals surface area (Å²) in [5.41, 5.74) is 0.330. The van der Waals surface area contributed by atoms with E-state index >= 15 is 0 Å². The Kier molecular flexibility index (Phi) is 1.10. The van der Waals surface area contributed by atoms with Crippen LogP contribution in [0.25, 0.3) is 0 Å². The zero-order valence-electron chi connectivity index (χ0n) is 6.02. The summed E-state index contributed by atoms with van der Waals surface area (Å²) in [6.45, 7) is 2.25. The highest BCUT2D eigenvalue weighted by Crippen LogP contribution is 2.45. The lowest BCUT2D eigenvalue weighted by molar-refractivity contribution is 0.278. The van der Waals surface area contributed by atoms with Crippen LogP contribution >= 0.6 is 0 Å². The standard InChI is InChI=1S/C8H14O/c1-8-6-4-2-3-5-7(8)9-8/h7H,2-6H2,1H3/t7-,8+/m1/s1. The Morgan fingerprint density at radius 1 is 1.33 bits per heavy atom. The zero-order valence-corrected chi connectivity index (χ0v) is 6.02. The summed E-state index contributed by atoms with van der Waals surface area (Å²) in [6, 6.07) is 0. The van der Waals surface area contributed by atoms with Crippen LogP contribution in [0.1, 0.15) is 39.0 Å². The summed E-state index contributed by atoms with van der Waals surface area (Å²) in [6.07, 6.45) is 7.46. The number of epoxide rings is 1. The first kappa shape index (κ1) is 5.72. The van der Waals surface area contributed by atoms with Gasteiger partial charge >= 0.3 is 0 Å². The van der Waals surface area contributed by atoms with Crippen molar-refractivity contribution in [2.75, 3.05) is 0 Å². The summed E-state index contributed by atoms with van der Waals surface area (Å²) < 4.78 is 5.55. The van der Waals surface area contributed by atoms with Crippen LogP contribution < -0.4 is 0 Å². The summed E-state index contributed by atoms with van der Waals surface area (Å²) >= 11 is 0. The SMILES string of the molecule is C[C@]12CCCCC[C@H]1O2. The molecule has 52 valence electrons. The lowest BCUT2D eigenvalue weighted by atomic mass is 10.0. The summed E-state index contributed by atoms with van der Waals surface area (Å²) in [4.78, 5) is 0. The molecule has 0 bridgehead atoms. The van der Waals surface area contributed by atoms with Crippen LogP contribution in [0.4, 0.5) is 0 Å². The predicted octanol–water partition coefficient (Wildman–Crippen LogP) is 2.11. The van der Waals surface area contributed by atoms with Crippen LogP contribution in [-0.2, 0) is 4.74 Å². The van der Waals surface area contributed by atoms with Gasteiger partial charge in [0.25, 0.3) is 0 Å². The molecular formula is C8H14O. The average molecular weight is 126 g/mol. The van der Waals surface area contributed by atoms with Gasteiger partial charge in [-0.2, -0.15) is 0 Å². The predicted molar refractivity (Wildman–Crippen MR) is 36.4 cm³/mol. The van der Waals surface area contributed by atoms with E-state index in [1.807, 2.05) is 0 Å². The Balaban J connectivity index is 2.00. The van der Waals surface area contributed by atoms with E-state index in [-0.39, 0.29) is 0 Å². The maximum atomic E-state index is 5.55. The molecule has 0 N–H and O–H groups in total. The molecule has 0 radical (unpaired) electrons. The van der Waals surface area contributed by atoms with Crippen LogP contribution in [0.2, 0.25) is 0 Å².